The van der Waals surface area contributed by atoms with Crippen molar-refractivity contribution in [3.63, 3.8) is 0 Å². The zero-order valence-corrected chi connectivity index (χ0v) is 10.5. The number of aromatic amines is 2. The zero-order chi connectivity index (χ0) is 12.7. The van der Waals surface area contributed by atoms with E-state index in [0.717, 1.165) is 37.1 Å². The molecule has 0 aliphatic carbocycles. The second-order valence-electron chi connectivity index (χ2n) is 4.05. The smallest absolute Gasteiger partial charge is 0.323 e. The van der Waals surface area contributed by atoms with E-state index in [1.54, 1.807) is 0 Å². The van der Waals surface area contributed by atoms with Gasteiger partial charge in [0, 0.05) is 17.8 Å². The Bertz CT molecular complexity index is 406. The van der Waals surface area contributed by atoms with Crippen LogP contribution in [0.1, 0.15) is 44.0 Å². The number of nitrogens with one attached hydrogen (secondary N) is 2. The van der Waals surface area contributed by atoms with Gasteiger partial charge in [-0.25, -0.2) is 4.79 Å². The molecule has 0 bridgehead atoms. The van der Waals surface area contributed by atoms with Gasteiger partial charge in [-0.15, -0.1) is 0 Å². The summed E-state index contributed by atoms with van der Waals surface area (Å²) < 4.78 is 4.84. The zero-order valence-electron chi connectivity index (χ0n) is 10.5. The highest BCUT2D eigenvalue weighted by molar-refractivity contribution is 5.69. The highest BCUT2D eigenvalue weighted by atomic mass is 16.5. The average molecular weight is 240 g/mol. The van der Waals surface area contributed by atoms with E-state index in [1.165, 1.54) is 0 Å². The van der Waals surface area contributed by atoms with Crippen LogP contribution in [-0.4, -0.2) is 22.5 Å². The monoisotopic (exact) mass is 240 g/mol. The molecule has 5 nitrogen and oxygen atoms in total. The average Bonchev–Trinajstić information content (AvgIpc) is 2.57. The summed E-state index contributed by atoms with van der Waals surface area (Å²) in [5, 5.41) is 0. The Morgan fingerprint density at radius 2 is 2.00 bits per heavy atom. The van der Waals surface area contributed by atoms with Crippen LogP contribution in [0.5, 0.6) is 0 Å². The molecule has 1 rings (SSSR count). The molecule has 0 aliphatic heterocycles. The molecule has 0 amide bonds. The van der Waals surface area contributed by atoms with Crippen molar-refractivity contribution in [2.75, 3.05) is 6.61 Å². The van der Waals surface area contributed by atoms with E-state index in [-0.39, 0.29) is 11.7 Å². The first-order valence-corrected chi connectivity index (χ1v) is 6.07. The number of hydrogen-bond acceptors (Lipinski definition) is 3. The second-order valence-corrected chi connectivity index (χ2v) is 4.05. The van der Waals surface area contributed by atoms with E-state index < -0.39 is 0 Å². The van der Waals surface area contributed by atoms with Gasteiger partial charge >= 0.3 is 11.7 Å². The van der Waals surface area contributed by atoms with Crippen LogP contribution in [0.3, 0.4) is 0 Å². The predicted octanol–water partition coefficient (Wildman–Crippen LogP) is 1.68. The molecule has 0 spiro atoms. The quantitative estimate of drug-likeness (QED) is 0.562. The van der Waals surface area contributed by atoms with Crippen LogP contribution < -0.4 is 5.69 Å². The molecule has 0 unspecified atom stereocenters. The number of hydrogen-bond donors (Lipinski definition) is 2. The summed E-state index contributed by atoms with van der Waals surface area (Å²) in [7, 11) is 0. The number of aryl methyl sites for hydroxylation is 2. The van der Waals surface area contributed by atoms with Crippen molar-refractivity contribution >= 4 is 5.97 Å². The number of H-pyrrole nitrogens is 2. The molecule has 0 saturated heterocycles. The van der Waals surface area contributed by atoms with Gasteiger partial charge in [-0.1, -0.05) is 6.42 Å². The standard InChI is InChI=1S/C12H20N2O3/c1-3-17-11(15)8-6-4-5-7-10-9(2)13-12(16)14-10/h3-8H2,1-2H3,(H2,13,14,16). The van der Waals surface area contributed by atoms with Gasteiger partial charge in [-0.05, 0) is 33.1 Å². The molecule has 1 heterocycles. The fraction of sp³-hybridized carbons (Fsp3) is 0.667. The van der Waals surface area contributed by atoms with E-state index >= 15 is 0 Å². The first-order valence-electron chi connectivity index (χ1n) is 6.07. The number of aromatic nitrogens is 2. The Hall–Kier alpha value is -1.52. The van der Waals surface area contributed by atoms with Crippen molar-refractivity contribution in [2.45, 2.75) is 46.0 Å². The van der Waals surface area contributed by atoms with Crippen molar-refractivity contribution in [2.24, 2.45) is 0 Å². The minimum atomic E-state index is -0.149. The van der Waals surface area contributed by atoms with Crippen molar-refractivity contribution in [1.29, 1.82) is 0 Å². The number of carbonyl (C=O) groups is 1. The fourth-order valence-corrected chi connectivity index (χ4v) is 1.74. The molecule has 5 heteroatoms. The maximum Gasteiger partial charge on any atom is 0.323 e. The Morgan fingerprint density at radius 3 is 2.59 bits per heavy atom. The number of carbonyl (C=O) groups excluding carboxylic acids is 1. The lowest BCUT2D eigenvalue weighted by Crippen LogP contribution is -2.03. The molecule has 2 N–H and O–H groups in total. The summed E-state index contributed by atoms with van der Waals surface area (Å²) in [6.45, 7) is 4.14. The Morgan fingerprint density at radius 1 is 1.24 bits per heavy atom. The highest BCUT2D eigenvalue weighted by Crippen LogP contribution is 2.07. The van der Waals surface area contributed by atoms with Gasteiger partial charge in [0.15, 0.2) is 0 Å². The van der Waals surface area contributed by atoms with E-state index in [1.807, 2.05) is 13.8 Å². The van der Waals surface area contributed by atoms with Crippen molar-refractivity contribution in [3.8, 4) is 0 Å². The molecule has 1 aromatic rings. The maximum absolute atomic E-state index is 11.1. The SMILES string of the molecule is CCOC(=O)CCCCCc1[nH]c(=O)[nH]c1C. The third-order valence-corrected chi connectivity index (χ3v) is 2.63. The minimum Gasteiger partial charge on any atom is -0.466 e. The highest BCUT2D eigenvalue weighted by Gasteiger charge is 2.03. The lowest BCUT2D eigenvalue weighted by atomic mass is 10.1. The number of imidazole rings is 1. The molecule has 1 aromatic heterocycles. The number of rotatable bonds is 7. The topological polar surface area (TPSA) is 75.0 Å². The summed E-state index contributed by atoms with van der Waals surface area (Å²) in [4.78, 5) is 27.5. The predicted molar refractivity (Wildman–Crippen MR) is 65.0 cm³/mol. The van der Waals surface area contributed by atoms with Gasteiger partial charge < -0.3 is 14.7 Å². The van der Waals surface area contributed by atoms with Crippen LogP contribution in [0.2, 0.25) is 0 Å². The Labute approximate surface area is 101 Å². The third-order valence-electron chi connectivity index (χ3n) is 2.63. The molecule has 0 saturated carbocycles. The second kappa shape index (κ2) is 6.93. The summed E-state index contributed by atoms with van der Waals surface area (Å²) in [6, 6.07) is 0. The molecule has 0 radical (unpaired) electrons. The minimum absolute atomic E-state index is 0.126. The first-order chi connectivity index (χ1) is 8.13. The van der Waals surface area contributed by atoms with E-state index in [2.05, 4.69) is 9.97 Å². The van der Waals surface area contributed by atoms with Gasteiger partial charge in [0.2, 0.25) is 0 Å². The first kappa shape index (κ1) is 13.5. The molecular weight excluding hydrogens is 220 g/mol. The largest absolute Gasteiger partial charge is 0.466 e. The van der Waals surface area contributed by atoms with Gasteiger partial charge in [0.1, 0.15) is 0 Å². The molecule has 0 aromatic carbocycles. The van der Waals surface area contributed by atoms with Crippen LogP contribution in [0, 0.1) is 6.92 Å². The molecule has 0 atom stereocenters. The molecular formula is C12H20N2O3. The molecule has 0 aliphatic rings. The fourth-order valence-electron chi connectivity index (χ4n) is 1.74. The summed E-state index contributed by atoms with van der Waals surface area (Å²) in [5.74, 6) is -0.126. The summed E-state index contributed by atoms with van der Waals surface area (Å²) >= 11 is 0. The van der Waals surface area contributed by atoms with Gasteiger partial charge in [0.25, 0.3) is 0 Å². The van der Waals surface area contributed by atoms with Gasteiger partial charge in [-0.2, -0.15) is 0 Å². The van der Waals surface area contributed by atoms with Crippen LogP contribution >= 0.6 is 0 Å². The summed E-state index contributed by atoms with van der Waals surface area (Å²) in [6.07, 6.45) is 4.09. The van der Waals surface area contributed by atoms with Crippen molar-refractivity contribution in [1.82, 2.24) is 9.97 Å². The number of unbranched alkanes of at least 4 members (excludes halogenated alkanes) is 2. The van der Waals surface area contributed by atoms with Crippen molar-refractivity contribution in [3.05, 3.63) is 21.9 Å². The summed E-state index contributed by atoms with van der Waals surface area (Å²) in [5.41, 5.74) is 1.72. The van der Waals surface area contributed by atoms with Crippen molar-refractivity contribution < 1.29 is 9.53 Å². The Kier molecular flexibility index (Phi) is 5.52. The van der Waals surface area contributed by atoms with Gasteiger partial charge in [0.05, 0.1) is 6.61 Å². The van der Waals surface area contributed by atoms with Gasteiger partial charge in [-0.3, -0.25) is 4.79 Å². The van der Waals surface area contributed by atoms with Crippen LogP contribution in [0.4, 0.5) is 0 Å². The maximum atomic E-state index is 11.1. The number of esters is 1. The lowest BCUT2D eigenvalue weighted by Gasteiger charge is -2.02. The molecule has 96 valence electrons. The normalized spacial score (nSPS) is 10.5. The lowest BCUT2D eigenvalue weighted by molar-refractivity contribution is -0.143. The van der Waals surface area contributed by atoms with E-state index in [0.29, 0.717) is 13.0 Å². The third kappa shape index (κ3) is 4.89. The molecule has 17 heavy (non-hydrogen) atoms. The molecule has 0 fully saturated rings. The van der Waals surface area contributed by atoms with E-state index in [4.69, 9.17) is 4.74 Å². The van der Waals surface area contributed by atoms with Crippen LogP contribution in [0.15, 0.2) is 4.79 Å². The van der Waals surface area contributed by atoms with Crippen LogP contribution in [0.25, 0.3) is 0 Å². The number of ether oxygens (including phenoxy) is 1. The van der Waals surface area contributed by atoms with E-state index in [9.17, 15) is 9.59 Å². The Balaban J connectivity index is 2.14. The van der Waals surface area contributed by atoms with Crippen LogP contribution in [-0.2, 0) is 16.0 Å².